The summed E-state index contributed by atoms with van der Waals surface area (Å²) in [5.41, 5.74) is 1.70. The van der Waals surface area contributed by atoms with Gasteiger partial charge in [0.05, 0.1) is 24.0 Å². The molecule has 28 heavy (non-hydrogen) atoms. The molecule has 8 heteroatoms. The number of H-pyrrole nitrogens is 1. The summed E-state index contributed by atoms with van der Waals surface area (Å²) in [5.74, 6) is -0.324. The van der Waals surface area contributed by atoms with Crippen molar-refractivity contribution in [1.29, 1.82) is 0 Å². The van der Waals surface area contributed by atoms with Gasteiger partial charge in [0.1, 0.15) is 5.82 Å². The molecule has 0 spiro atoms. The van der Waals surface area contributed by atoms with E-state index >= 15 is 0 Å². The molecule has 0 bridgehead atoms. The number of rotatable bonds is 5. The maximum Gasteiger partial charge on any atom is 0.254 e. The van der Waals surface area contributed by atoms with Gasteiger partial charge < -0.3 is 20.3 Å². The number of hydrogen-bond acceptors (Lipinski definition) is 6. The van der Waals surface area contributed by atoms with Crippen LogP contribution in [-0.4, -0.2) is 27.5 Å². The molecule has 3 N–H and O–H groups in total. The van der Waals surface area contributed by atoms with E-state index in [9.17, 15) is 14.7 Å². The van der Waals surface area contributed by atoms with E-state index < -0.39 is 5.56 Å². The van der Waals surface area contributed by atoms with E-state index in [1.54, 1.807) is 11.8 Å². The van der Waals surface area contributed by atoms with Crippen LogP contribution in [0.15, 0.2) is 69.2 Å². The summed E-state index contributed by atoms with van der Waals surface area (Å²) in [6, 6.07) is 17.2. The van der Waals surface area contributed by atoms with Crippen LogP contribution in [0.25, 0.3) is 0 Å². The molecule has 7 nitrogen and oxygen atoms in total. The highest BCUT2D eigenvalue weighted by Crippen LogP contribution is 2.47. The predicted octanol–water partition coefficient (Wildman–Crippen LogP) is 2.78. The van der Waals surface area contributed by atoms with E-state index in [4.69, 9.17) is 0 Å². The fourth-order valence-corrected chi connectivity index (χ4v) is 4.18. The van der Waals surface area contributed by atoms with Crippen molar-refractivity contribution in [3.8, 4) is 5.88 Å². The van der Waals surface area contributed by atoms with Crippen molar-refractivity contribution in [2.24, 2.45) is 0 Å². The third-order valence-corrected chi connectivity index (χ3v) is 5.45. The van der Waals surface area contributed by atoms with Crippen LogP contribution >= 0.6 is 11.8 Å². The zero-order valence-corrected chi connectivity index (χ0v) is 15.7. The maximum absolute atomic E-state index is 12.3. The smallest absolute Gasteiger partial charge is 0.254 e. The van der Waals surface area contributed by atoms with Crippen molar-refractivity contribution < 1.29 is 9.90 Å². The Morgan fingerprint density at radius 1 is 1.11 bits per heavy atom. The molecule has 3 aromatic rings. The lowest BCUT2D eigenvalue weighted by molar-refractivity contribution is -0.121. The zero-order valence-electron chi connectivity index (χ0n) is 14.9. The normalized spacial score (nSPS) is 12.2. The molecule has 0 radical (unpaired) electrons. The van der Waals surface area contributed by atoms with E-state index in [2.05, 4.69) is 44.5 Å². The topological polar surface area (TPSA) is 98.3 Å². The summed E-state index contributed by atoms with van der Waals surface area (Å²) in [6.07, 6.45) is 0.274. The van der Waals surface area contributed by atoms with Gasteiger partial charge in [0.25, 0.3) is 5.56 Å². The summed E-state index contributed by atoms with van der Waals surface area (Å²) in [6.45, 7) is 0.565. The molecular formula is C20H18N4O3S. The Morgan fingerprint density at radius 2 is 1.75 bits per heavy atom. The van der Waals surface area contributed by atoms with E-state index in [0.29, 0.717) is 6.54 Å². The first-order valence-corrected chi connectivity index (χ1v) is 9.61. The number of amides is 1. The highest BCUT2D eigenvalue weighted by atomic mass is 32.2. The standard InChI is InChI=1S/C20H18N4O3S/c25-18(21-12-17-22-19(26)11-20(27)23-17)9-10-24-13-5-1-3-7-15(13)28-16-8-4-2-6-14(16)24/h1-8,11H,9-10,12H2,(H,21,25)(H2,22,23,26,27). The molecule has 1 aliphatic heterocycles. The number of carbonyl (C=O) groups is 1. The molecule has 0 fully saturated rings. The van der Waals surface area contributed by atoms with Crippen LogP contribution in [0.1, 0.15) is 12.2 Å². The summed E-state index contributed by atoms with van der Waals surface area (Å²) in [7, 11) is 0. The van der Waals surface area contributed by atoms with Crippen LogP contribution in [0.4, 0.5) is 11.4 Å². The van der Waals surface area contributed by atoms with E-state index in [1.165, 1.54) is 0 Å². The van der Waals surface area contributed by atoms with Crippen molar-refractivity contribution in [2.45, 2.75) is 22.8 Å². The highest BCUT2D eigenvalue weighted by molar-refractivity contribution is 7.99. The number of fused-ring (bicyclic) bond motifs is 2. The average molecular weight is 394 g/mol. The van der Waals surface area contributed by atoms with Gasteiger partial charge >= 0.3 is 0 Å². The van der Waals surface area contributed by atoms with Gasteiger partial charge in [0.2, 0.25) is 11.8 Å². The minimum absolute atomic E-state index is 0.0471. The second kappa shape index (κ2) is 7.77. The predicted molar refractivity (Wildman–Crippen MR) is 107 cm³/mol. The van der Waals surface area contributed by atoms with Gasteiger partial charge in [0.15, 0.2) is 0 Å². The Hall–Kier alpha value is -3.26. The van der Waals surface area contributed by atoms with Crippen LogP contribution in [0, 0.1) is 0 Å². The van der Waals surface area contributed by atoms with Gasteiger partial charge in [-0.3, -0.25) is 9.59 Å². The van der Waals surface area contributed by atoms with Crippen LogP contribution in [0.3, 0.4) is 0 Å². The number of para-hydroxylation sites is 2. The quantitative estimate of drug-likeness (QED) is 0.616. The number of aromatic hydroxyl groups is 1. The zero-order chi connectivity index (χ0) is 19.5. The van der Waals surface area contributed by atoms with E-state index in [-0.39, 0.29) is 30.6 Å². The fourth-order valence-electron chi connectivity index (χ4n) is 3.08. The lowest BCUT2D eigenvalue weighted by Crippen LogP contribution is -2.30. The van der Waals surface area contributed by atoms with Crippen LogP contribution < -0.4 is 15.8 Å². The van der Waals surface area contributed by atoms with Gasteiger partial charge in [-0.15, -0.1) is 0 Å². The van der Waals surface area contributed by atoms with Gasteiger partial charge in [0, 0.05) is 22.8 Å². The van der Waals surface area contributed by atoms with E-state index in [0.717, 1.165) is 27.2 Å². The Bertz CT molecular complexity index is 1040. The summed E-state index contributed by atoms with van der Waals surface area (Å²) in [4.78, 5) is 34.4. The number of benzene rings is 2. The molecule has 2 heterocycles. The maximum atomic E-state index is 12.3. The molecule has 0 saturated carbocycles. The van der Waals surface area contributed by atoms with Crippen LogP contribution in [-0.2, 0) is 11.3 Å². The second-order valence-electron chi connectivity index (χ2n) is 6.27. The van der Waals surface area contributed by atoms with Crippen LogP contribution in [0.5, 0.6) is 5.88 Å². The van der Waals surface area contributed by atoms with Gasteiger partial charge in [-0.1, -0.05) is 36.0 Å². The van der Waals surface area contributed by atoms with Crippen molar-refractivity contribution in [3.05, 3.63) is 70.8 Å². The van der Waals surface area contributed by atoms with E-state index in [1.807, 2.05) is 24.3 Å². The molecule has 1 aromatic heterocycles. The van der Waals surface area contributed by atoms with Crippen molar-refractivity contribution in [2.75, 3.05) is 11.4 Å². The Labute approximate surface area is 165 Å². The second-order valence-corrected chi connectivity index (χ2v) is 7.35. The molecule has 0 unspecified atom stereocenters. The molecule has 1 aliphatic rings. The molecule has 0 aliphatic carbocycles. The highest BCUT2D eigenvalue weighted by Gasteiger charge is 2.23. The Balaban J connectivity index is 1.44. The Morgan fingerprint density at radius 3 is 2.39 bits per heavy atom. The first-order valence-electron chi connectivity index (χ1n) is 8.79. The molecule has 4 rings (SSSR count). The minimum atomic E-state index is -0.462. The third-order valence-electron chi connectivity index (χ3n) is 4.32. The first kappa shape index (κ1) is 18.1. The minimum Gasteiger partial charge on any atom is -0.493 e. The van der Waals surface area contributed by atoms with Crippen molar-refractivity contribution in [1.82, 2.24) is 15.3 Å². The molecule has 0 atom stereocenters. The van der Waals surface area contributed by atoms with Crippen molar-refractivity contribution in [3.63, 3.8) is 0 Å². The summed E-state index contributed by atoms with van der Waals surface area (Å²) < 4.78 is 0. The molecule has 2 aromatic carbocycles. The summed E-state index contributed by atoms with van der Waals surface area (Å²) >= 11 is 1.72. The molecule has 0 saturated heterocycles. The number of carbonyl (C=O) groups excluding carboxylic acids is 1. The first-order chi connectivity index (χ1) is 13.6. The average Bonchev–Trinajstić information content (AvgIpc) is 2.69. The SMILES string of the molecule is O=C(CCN1c2ccccc2Sc2ccccc21)NCc1nc(O)cc(=O)[nH]1. The third kappa shape index (κ3) is 3.86. The number of nitrogens with one attached hydrogen (secondary N) is 2. The van der Waals surface area contributed by atoms with Crippen LogP contribution in [0.2, 0.25) is 0 Å². The van der Waals surface area contributed by atoms with Gasteiger partial charge in [-0.2, -0.15) is 4.98 Å². The lowest BCUT2D eigenvalue weighted by Gasteiger charge is -2.32. The molecule has 1 amide bonds. The Kier molecular flexibility index (Phi) is 5.03. The van der Waals surface area contributed by atoms with Crippen molar-refractivity contribution >= 4 is 29.0 Å². The number of hydrogen-bond donors (Lipinski definition) is 3. The number of anilines is 2. The molecular weight excluding hydrogens is 376 g/mol. The number of nitrogens with zero attached hydrogens (tertiary/aromatic N) is 2. The van der Waals surface area contributed by atoms with Gasteiger partial charge in [-0.25, -0.2) is 0 Å². The summed E-state index contributed by atoms with van der Waals surface area (Å²) in [5, 5.41) is 12.1. The number of aromatic nitrogens is 2. The lowest BCUT2D eigenvalue weighted by atomic mass is 10.2. The number of aromatic amines is 1. The fraction of sp³-hybridized carbons (Fsp3) is 0.150. The van der Waals surface area contributed by atoms with Gasteiger partial charge in [-0.05, 0) is 24.3 Å². The monoisotopic (exact) mass is 394 g/mol. The largest absolute Gasteiger partial charge is 0.493 e. The molecule has 142 valence electrons.